The minimum absolute atomic E-state index is 0.228. The van der Waals surface area contributed by atoms with Gasteiger partial charge in [0.05, 0.1) is 34.7 Å². The van der Waals surface area contributed by atoms with Crippen LogP contribution in [0.5, 0.6) is 17.2 Å². The van der Waals surface area contributed by atoms with Gasteiger partial charge in [-0.15, -0.1) is 56.7 Å². The van der Waals surface area contributed by atoms with Crippen LogP contribution in [0.3, 0.4) is 0 Å². The van der Waals surface area contributed by atoms with Gasteiger partial charge in [-0.1, -0.05) is 11.3 Å². The van der Waals surface area contributed by atoms with Gasteiger partial charge >= 0.3 is 5.96 Å². The summed E-state index contributed by atoms with van der Waals surface area (Å²) >= 11 is 8.87. The molecule has 11 nitrogen and oxygen atoms in total. The minimum atomic E-state index is -0.662. The Labute approximate surface area is 284 Å². The fourth-order valence-electron chi connectivity index (χ4n) is 4.79. The number of methoxy groups -OCH3 is 2. The second kappa shape index (κ2) is 11.3. The normalized spacial score (nSPS) is 12.6. The Morgan fingerprint density at radius 2 is 1.35 bits per heavy atom. The van der Waals surface area contributed by atoms with Crippen molar-refractivity contribution >= 4 is 109 Å². The van der Waals surface area contributed by atoms with E-state index in [9.17, 15) is 0 Å². The van der Waals surface area contributed by atoms with E-state index in [4.69, 9.17) is 47.8 Å². The number of thiazole rings is 2. The third-order valence-electron chi connectivity index (χ3n) is 6.66. The zero-order valence-electron chi connectivity index (χ0n) is 23.9. The first-order valence-electron chi connectivity index (χ1n) is 12.9. The second-order valence-electron chi connectivity index (χ2n) is 9.77. The summed E-state index contributed by atoms with van der Waals surface area (Å²) in [4.78, 5) is 29.9. The van der Waals surface area contributed by atoms with E-state index in [1.807, 2.05) is 0 Å². The number of hydrogen-bond donors (Lipinski definition) is 0. The molecular formula is C29H14N8O3S6. The summed E-state index contributed by atoms with van der Waals surface area (Å²) in [7, 11) is 3.13. The molecule has 6 aromatic heterocycles. The standard InChI is InChI=1S/C29H14N8O3S6/c1-29(2)16-20(43-26-21(16)44-24(36-26)18-13(39-6)8-15(42-18)35-28(32-3)33-4)22-17(40-29)23-27(45-22)37-25(46-23)19-12(38-5)7-14(41-19)34-11(9-30)10-31/h7-8H,1-2,5-6H3. The van der Waals surface area contributed by atoms with Crippen LogP contribution >= 0.6 is 68.0 Å². The van der Waals surface area contributed by atoms with Crippen LogP contribution in [-0.2, 0) is 5.60 Å². The molecule has 17 heteroatoms. The van der Waals surface area contributed by atoms with Crippen molar-refractivity contribution < 1.29 is 14.2 Å². The largest absolute Gasteiger partial charge is 0.635 e. The fourth-order valence-corrected chi connectivity index (χ4v) is 12.2. The summed E-state index contributed by atoms with van der Waals surface area (Å²) in [5.41, 5.74) is 0.183. The molecular weight excluding hydrogens is 701 g/mol. The van der Waals surface area contributed by atoms with E-state index >= 15 is 0 Å². The highest BCUT2D eigenvalue weighted by Gasteiger charge is 2.41. The van der Waals surface area contributed by atoms with Crippen LogP contribution < -0.4 is 14.2 Å². The lowest BCUT2D eigenvalue weighted by Gasteiger charge is -2.31. The highest BCUT2D eigenvalue weighted by Crippen LogP contribution is 2.60. The van der Waals surface area contributed by atoms with E-state index in [-0.39, 0.29) is 11.7 Å². The lowest BCUT2D eigenvalue weighted by Crippen LogP contribution is -2.27. The molecule has 0 fully saturated rings. The molecule has 0 aliphatic carbocycles. The summed E-state index contributed by atoms with van der Waals surface area (Å²) in [6.45, 7) is 18.4. The Morgan fingerprint density at radius 1 is 0.804 bits per heavy atom. The molecule has 0 radical (unpaired) electrons. The molecule has 224 valence electrons. The van der Waals surface area contributed by atoms with Crippen LogP contribution in [0.2, 0.25) is 0 Å². The zero-order valence-corrected chi connectivity index (χ0v) is 28.8. The Morgan fingerprint density at radius 3 is 1.91 bits per heavy atom. The number of guanidine groups is 1. The van der Waals surface area contributed by atoms with Crippen molar-refractivity contribution in [3.05, 3.63) is 40.5 Å². The molecule has 7 heterocycles. The average molecular weight is 715 g/mol. The first kappa shape index (κ1) is 30.0. The van der Waals surface area contributed by atoms with Crippen LogP contribution in [-0.4, -0.2) is 35.9 Å². The molecule has 0 saturated heterocycles. The summed E-state index contributed by atoms with van der Waals surface area (Å²) in [5, 5.41) is 20.7. The topological polar surface area (TPSA) is 134 Å². The maximum atomic E-state index is 9.11. The number of aliphatic imine (C=N–C) groups is 2. The minimum Gasteiger partial charge on any atom is -0.495 e. The number of fused-ring (bicyclic) bond motifs is 7. The van der Waals surface area contributed by atoms with Crippen molar-refractivity contribution in [1.29, 1.82) is 10.5 Å². The SMILES string of the molecule is [C-]#[N+]C(=Nc1cc(OC)c(-c2nc3sc4c(c3s2)C(C)(C)Oc2c-4sc3nc(-c4sc(N=C(C#N)C#N)cc4OC)sc23)s1)[N+]#[C-]. The lowest BCUT2D eigenvalue weighted by molar-refractivity contribution is 0.111. The van der Waals surface area contributed by atoms with Gasteiger partial charge in [-0.3, -0.25) is 0 Å². The van der Waals surface area contributed by atoms with Gasteiger partial charge in [0, 0.05) is 16.6 Å². The fraction of sp³-hybridized carbons (Fsp3) is 0.172. The van der Waals surface area contributed by atoms with E-state index in [0.717, 1.165) is 59.9 Å². The van der Waals surface area contributed by atoms with E-state index in [2.05, 4.69) is 33.5 Å². The lowest BCUT2D eigenvalue weighted by atomic mass is 9.95. The van der Waals surface area contributed by atoms with Crippen LogP contribution in [0.1, 0.15) is 19.4 Å². The maximum absolute atomic E-state index is 9.11. The van der Waals surface area contributed by atoms with E-state index in [1.54, 1.807) is 72.5 Å². The molecule has 0 N–H and O–H groups in total. The van der Waals surface area contributed by atoms with Crippen molar-refractivity contribution in [2.75, 3.05) is 14.2 Å². The first-order chi connectivity index (χ1) is 22.2. The predicted octanol–water partition coefficient (Wildman–Crippen LogP) is 9.74. The third-order valence-corrected chi connectivity index (χ3v) is 13.7. The maximum Gasteiger partial charge on any atom is 0.635 e. The first-order valence-corrected chi connectivity index (χ1v) is 17.8. The number of thiophene rings is 4. The van der Waals surface area contributed by atoms with Crippen molar-refractivity contribution in [1.82, 2.24) is 9.97 Å². The molecule has 0 atom stereocenters. The number of rotatable bonds is 6. The molecule has 1 aliphatic heterocycles. The van der Waals surface area contributed by atoms with E-state index in [1.165, 1.54) is 34.0 Å². The summed E-state index contributed by atoms with van der Waals surface area (Å²) in [5.74, 6) is 1.69. The monoisotopic (exact) mass is 714 g/mol. The van der Waals surface area contributed by atoms with Gasteiger partial charge in [-0.2, -0.15) is 10.5 Å². The van der Waals surface area contributed by atoms with Crippen molar-refractivity contribution in [2.45, 2.75) is 19.4 Å². The molecule has 0 spiro atoms. The van der Waals surface area contributed by atoms with Crippen LogP contribution in [0.15, 0.2) is 22.1 Å². The third kappa shape index (κ3) is 4.73. The molecule has 0 saturated carbocycles. The smallest absolute Gasteiger partial charge is 0.495 e. The van der Waals surface area contributed by atoms with Gasteiger partial charge in [-0.05, 0) is 27.0 Å². The van der Waals surface area contributed by atoms with Gasteiger partial charge in [-0.25, -0.2) is 24.7 Å². The van der Waals surface area contributed by atoms with Crippen LogP contribution in [0.4, 0.5) is 10.0 Å². The molecule has 0 unspecified atom stereocenters. The number of hydrogen-bond acceptors (Lipinski definition) is 15. The summed E-state index contributed by atoms with van der Waals surface area (Å²) in [6.07, 6.45) is 0. The van der Waals surface area contributed by atoms with Crippen LogP contribution in [0.25, 0.3) is 58.3 Å². The van der Waals surface area contributed by atoms with Gasteiger partial charge in [0.15, 0.2) is 5.75 Å². The number of ether oxygens (including phenoxy) is 3. The summed E-state index contributed by atoms with van der Waals surface area (Å²) < 4.78 is 19.9. The molecule has 7 rings (SSSR count). The highest BCUT2D eigenvalue weighted by atomic mass is 32.1. The average Bonchev–Trinajstić information content (AvgIpc) is 3.87. The van der Waals surface area contributed by atoms with Crippen molar-refractivity contribution in [3.63, 3.8) is 0 Å². The zero-order chi connectivity index (χ0) is 32.3. The Balaban J connectivity index is 1.30. The van der Waals surface area contributed by atoms with Gasteiger partial charge in [0.1, 0.15) is 68.4 Å². The molecule has 6 aromatic rings. The van der Waals surface area contributed by atoms with E-state index in [0.29, 0.717) is 21.5 Å². The quantitative estimate of drug-likeness (QED) is 0.0952. The predicted molar refractivity (Wildman–Crippen MR) is 186 cm³/mol. The summed E-state index contributed by atoms with van der Waals surface area (Å²) in [6, 6.07) is 6.99. The van der Waals surface area contributed by atoms with Gasteiger partial charge in [0.2, 0.25) is 5.71 Å². The number of nitrogens with zero attached hydrogens (tertiary/aromatic N) is 8. The molecule has 0 bridgehead atoms. The Bertz CT molecular complexity index is 2440. The number of aromatic nitrogens is 2. The highest BCUT2D eigenvalue weighted by molar-refractivity contribution is 7.36. The van der Waals surface area contributed by atoms with Crippen LogP contribution in [0, 0.1) is 35.8 Å². The Hall–Kier alpha value is -4.72. The van der Waals surface area contributed by atoms with Crippen molar-refractivity contribution in [3.8, 4) is 58.9 Å². The van der Waals surface area contributed by atoms with Gasteiger partial charge < -0.3 is 14.2 Å². The van der Waals surface area contributed by atoms with E-state index < -0.39 is 5.60 Å². The molecule has 46 heavy (non-hydrogen) atoms. The molecule has 0 aromatic carbocycles. The number of nitriles is 2. The second-order valence-corrected chi connectivity index (χ2v) is 15.8. The molecule has 0 amide bonds. The molecule has 1 aliphatic rings. The van der Waals surface area contributed by atoms with Gasteiger partial charge in [0.25, 0.3) is 5.00 Å². The Kier molecular flexibility index (Phi) is 7.34. The van der Waals surface area contributed by atoms with Crippen molar-refractivity contribution in [2.24, 2.45) is 9.98 Å².